The minimum atomic E-state index is 0.768. The first-order valence-corrected chi connectivity index (χ1v) is 8.53. The molecule has 2 rings (SSSR count). The third-order valence-corrected chi connectivity index (χ3v) is 5.18. The van der Waals surface area contributed by atoms with Gasteiger partial charge in [0.05, 0.1) is 5.02 Å². The van der Waals surface area contributed by atoms with Crippen LogP contribution in [0.5, 0.6) is 0 Å². The summed E-state index contributed by atoms with van der Waals surface area (Å²) < 4.78 is 0.969. The van der Waals surface area contributed by atoms with E-state index in [2.05, 4.69) is 50.0 Å². The molecule has 0 spiro atoms. The molecule has 1 aliphatic heterocycles. The van der Waals surface area contributed by atoms with Gasteiger partial charge in [-0.1, -0.05) is 17.7 Å². The second-order valence-corrected chi connectivity index (χ2v) is 6.87. The SMILES string of the molecule is Clc1ccc(CNCCN2CCSCC2)cc1Br. The van der Waals surface area contributed by atoms with Crippen LogP contribution in [0.1, 0.15) is 5.56 Å². The molecule has 1 N–H and O–H groups in total. The highest BCUT2D eigenvalue weighted by Crippen LogP contribution is 2.23. The standard InChI is InChI=1S/C13H18BrClN2S/c14-12-9-11(1-2-13(12)15)10-16-3-4-17-5-7-18-8-6-17/h1-2,9,16H,3-8,10H2. The van der Waals surface area contributed by atoms with Crippen LogP contribution in [0.25, 0.3) is 0 Å². The lowest BCUT2D eigenvalue weighted by atomic mass is 10.2. The van der Waals surface area contributed by atoms with Crippen molar-refractivity contribution < 1.29 is 0 Å². The Labute approximate surface area is 127 Å². The molecule has 1 aromatic carbocycles. The summed E-state index contributed by atoms with van der Waals surface area (Å²) in [4.78, 5) is 2.53. The zero-order valence-corrected chi connectivity index (χ0v) is 13.5. The Bertz CT molecular complexity index is 383. The molecule has 0 radical (unpaired) electrons. The number of nitrogens with one attached hydrogen (secondary N) is 1. The monoisotopic (exact) mass is 348 g/mol. The fourth-order valence-corrected chi connectivity index (χ4v) is 3.47. The maximum absolute atomic E-state index is 5.97. The molecule has 2 nitrogen and oxygen atoms in total. The van der Waals surface area contributed by atoms with Gasteiger partial charge in [-0.05, 0) is 33.6 Å². The number of benzene rings is 1. The smallest absolute Gasteiger partial charge is 0.0548 e. The molecule has 0 unspecified atom stereocenters. The first-order valence-electron chi connectivity index (χ1n) is 6.20. The van der Waals surface area contributed by atoms with Crippen LogP contribution in [0, 0.1) is 0 Å². The van der Waals surface area contributed by atoms with Gasteiger partial charge in [-0.15, -0.1) is 0 Å². The van der Waals surface area contributed by atoms with E-state index in [-0.39, 0.29) is 0 Å². The van der Waals surface area contributed by atoms with Crippen molar-refractivity contribution in [2.45, 2.75) is 6.54 Å². The summed E-state index contributed by atoms with van der Waals surface area (Å²) in [5.41, 5.74) is 1.26. The van der Waals surface area contributed by atoms with Gasteiger partial charge in [0.1, 0.15) is 0 Å². The highest BCUT2D eigenvalue weighted by Gasteiger charge is 2.08. The number of nitrogens with zero attached hydrogens (tertiary/aromatic N) is 1. The van der Waals surface area contributed by atoms with Crippen LogP contribution < -0.4 is 5.32 Å². The van der Waals surface area contributed by atoms with Gasteiger partial charge in [0.2, 0.25) is 0 Å². The van der Waals surface area contributed by atoms with Crippen LogP contribution in [-0.2, 0) is 6.54 Å². The van der Waals surface area contributed by atoms with E-state index in [1.807, 2.05) is 6.07 Å². The van der Waals surface area contributed by atoms with E-state index in [0.717, 1.165) is 29.1 Å². The summed E-state index contributed by atoms with van der Waals surface area (Å²) in [6.07, 6.45) is 0. The van der Waals surface area contributed by atoms with Crippen molar-refractivity contribution in [3.63, 3.8) is 0 Å². The van der Waals surface area contributed by atoms with Gasteiger partial charge < -0.3 is 10.2 Å². The average Bonchev–Trinajstić information content (AvgIpc) is 2.40. The first kappa shape index (κ1) is 14.7. The van der Waals surface area contributed by atoms with Crippen molar-refractivity contribution in [1.82, 2.24) is 10.2 Å². The van der Waals surface area contributed by atoms with Crippen LogP contribution in [0.4, 0.5) is 0 Å². The highest BCUT2D eigenvalue weighted by atomic mass is 79.9. The van der Waals surface area contributed by atoms with Crippen LogP contribution >= 0.6 is 39.3 Å². The van der Waals surface area contributed by atoms with E-state index in [4.69, 9.17) is 11.6 Å². The number of thioether (sulfide) groups is 1. The predicted octanol–water partition coefficient (Wildman–Crippen LogP) is 3.24. The molecule has 100 valence electrons. The molecule has 1 aliphatic rings. The summed E-state index contributed by atoms with van der Waals surface area (Å²) in [5, 5.41) is 4.25. The molecule has 0 aliphatic carbocycles. The lowest BCUT2D eigenvalue weighted by Gasteiger charge is -2.26. The number of rotatable bonds is 5. The van der Waals surface area contributed by atoms with Crippen molar-refractivity contribution in [3.05, 3.63) is 33.3 Å². The number of halogens is 2. The van der Waals surface area contributed by atoms with Gasteiger partial charge in [-0.25, -0.2) is 0 Å². The normalized spacial score (nSPS) is 17.0. The Balaban J connectivity index is 1.66. The van der Waals surface area contributed by atoms with E-state index in [1.165, 1.54) is 30.2 Å². The van der Waals surface area contributed by atoms with Crippen LogP contribution in [-0.4, -0.2) is 42.6 Å². The molecule has 1 heterocycles. The quantitative estimate of drug-likeness (QED) is 0.822. The largest absolute Gasteiger partial charge is 0.311 e. The van der Waals surface area contributed by atoms with Gasteiger partial charge in [0.25, 0.3) is 0 Å². The predicted molar refractivity (Wildman–Crippen MR) is 84.6 cm³/mol. The van der Waals surface area contributed by atoms with Crippen molar-refractivity contribution in [3.8, 4) is 0 Å². The van der Waals surface area contributed by atoms with Gasteiger partial charge in [0.15, 0.2) is 0 Å². The fraction of sp³-hybridized carbons (Fsp3) is 0.538. The zero-order chi connectivity index (χ0) is 12.8. The summed E-state index contributed by atoms with van der Waals surface area (Å²) >= 11 is 11.5. The molecule has 1 saturated heterocycles. The van der Waals surface area contributed by atoms with Crippen molar-refractivity contribution >= 4 is 39.3 Å². The molecule has 0 atom stereocenters. The molecule has 0 bridgehead atoms. The van der Waals surface area contributed by atoms with Crippen molar-refractivity contribution in [2.75, 3.05) is 37.7 Å². The Morgan fingerprint density at radius 1 is 1.33 bits per heavy atom. The molecule has 0 saturated carbocycles. The van der Waals surface area contributed by atoms with Crippen molar-refractivity contribution in [2.24, 2.45) is 0 Å². The number of hydrogen-bond donors (Lipinski definition) is 1. The maximum atomic E-state index is 5.97. The summed E-state index contributed by atoms with van der Waals surface area (Å²) in [6.45, 7) is 5.57. The third-order valence-electron chi connectivity index (χ3n) is 3.02. The summed E-state index contributed by atoms with van der Waals surface area (Å²) in [6, 6.07) is 6.08. The van der Waals surface area contributed by atoms with E-state index >= 15 is 0 Å². The Morgan fingerprint density at radius 3 is 2.83 bits per heavy atom. The lowest BCUT2D eigenvalue weighted by Crippen LogP contribution is -2.37. The Hall–Kier alpha value is 0.260. The highest BCUT2D eigenvalue weighted by molar-refractivity contribution is 9.10. The molecule has 1 fully saturated rings. The zero-order valence-electron chi connectivity index (χ0n) is 10.3. The second-order valence-electron chi connectivity index (χ2n) is 4.38. The maximum Gasteiger partial charge on any atom is 0.0548 e. The first-order chi connectivity index (χ1) is 8.75. The van der Waals surface area contributed by atoms with E-state index < -0.39 is 0 Å². The Kier molecular flexibility index (Phi) is 6.32. The van der Waals surface area contributed by atoms with Crippen molar-refractivity contribution in [1.29, 1.82) is 0 Å². The topological polar surface area (TPSA) is 15.3 Å². The Morgan fingerprint density at radius 2 is 2.11 bits per heavy atom. The minimum absolute atomic E-state index is 0.768. The number of hydrogen-bond acceptors (Lipinski definition) is 3. The van der Waals surface area contributed by atoms with Gasteiger partial charge in [0, 0.05) is 48.7 Å². The second kappa shape index (κ2) is 7.75. The molecular formula is C13H18BrClN2S. The summed E-state index contributed by atoms with van der Waals surface area (Å²) in [7, 11) is 0. The third kappa shape index (κ3) is 4.74. The van der Waals surface area contributed by atoms with E-state index in [9.17, 15) is 0 Å². The average molecular weight is 350 g/mol. The molecular weight excluding hydrogens is 332 g/mol. The lowest BCUT2D eigenvalue weighted by molar-refractivity contribution is 0.301. The van der Waals surface area contributed by atoms with Crippen LogP contribution in [0.15, 0.2) is 22.7 Å². The van der Waals surface area contributed by atoms with Crippen LogP contribution in [0.3, 0.4) is 0 Å². The van der Waals surface area contributed by atoms with E-state index in [0.29, 0.717) is 0 Å². The molecule has 0 aromatic heterocycles. The van der Waals surface area contributed by atoms with Gasteiger partial charge in [-0.2, -0.15) is 11.8 Å². The molecule has 1 aromatic rings. The van der Waals surface area contributed by atoms with Crippen LogP contribution in [0.2, 0.25) is 5.02 Å². The minimum Gasteiger partial charge on any atom is -0.311 e. The van der Waals surface area contributed by atoms with E-state index in [1.54, 1.807) is 0 Å². The molecule has 18 heavy (non-hydrogen) atoms. The van der Waals surface area contributed by atoms with Gasteiger partial charge in [-0.3, -0.25) is 0 Å². The molecule has 5 heteroatoms. The molecule has 0 amide bonds. The fourth-order valence-electron chi connectivity index (χ4n) is 1.94. The van der Waals surface area contributed by atoms with Gasteiger partial charge >= 0.3 is 0 Å². The summed E-state index contributed by atoms with van der Waals surface area (Å²) in [5.74, 6) is 2.56.